The third kappa shape index (κ3) is 5.40. The fourth-order valence-electron chi connectivity index (χ4n) is 5.90. The van der Waals surface area contributed by atoms with Gasteiger partial charge in [0.25, 0.3) is 0 Å². The zero-order valence-corrected chi connectivity index (χ0v) is 23.9. The molecular formula is C37H33NO2S. The van der Waals surface area contributed by atoms with Crippen molar-refractivity contribution in [3.63, 3.8) is 0 Å². The summed E-state index contributed by atoms with van der Waals surface area (Å²) in [6, 6.07) is 48.5. The van der Waals surface area contributed by atoms with Crippen LogP contribution in [0.1, 0.15) is 40.7 Å². The van der Waals surface area contributed by atoms with Gasteiger partial charge in [-0.1, -0.05) is 140 Å². The molecule has 41 heavy (non-hydrogen) atoms. The maximum absolute atomic E-state index is 13.0. The minimum Gasteiger partial charge on any atom is -0.449 e. The van der Waals surface area contributed by atoms with E-state index in [1.807, 2.05) is 18.7 Å². The molecule has 5 aromatic rings. The van der Waals surface area contributed by atoms with Gasteiger partial charge in [-0.2, -0.15) is 0 Å². The fourth-order valence-corrected chi connectivity index (χ4v) is 7.39. The highest BCUT2D eigenvalue weighted by Crippen LogP contribution is 2.48. The third-order valence-electron chi connectivity index (χ3n) is 7.80. The molecule has 5 aromatic carbocycles. The number of amides is 1. The molecule has 204 valence electrons. The average Bonchev–Trinajstić information content (AvgIpc) is 3.35. The normalized spacial score (nSPS) is 13.2. The molecule has 0 saturated carbocycles. The van der Waals surface area contributed by atoms with Gasteiger partial charge in [0, 0.05) is 17.7 Å². The molecule has 0 aromatic heterocycles. The molecule has 6 rings (SSSR count). The molecule has 0 saturated heterocycles. The van der Waals surface area contributed by atoms with Gasteiger partial charge in [0.05, 0.1) is 4.75 Å². The summed E-state index contributed by atoms with van der Waals surface area (Å²) in [7, 11) is 0. The first kappa shape index (κ1) is 26.9. The number of rotatable bonds is 9. The van der Waals surface area contributed by atoms with Crippen LogP contribution < -0.4 is 5.32 Å². The smallest absolute Gasteiger partial charge is 0.407 e. The molecule has 0 bridgehead atoms. The summed E-state index contributed by atoms with van der Waals surface area (Å²) >= 11 is 1.83. The van der Waals surface area contributed by atoms with E-state index in [0.717, 1.165) is 0 Å². The van der Waals surface area contributed by atoms with Crippen molar-refractivity contribution in [3.05, 3.63) is 167 Å². The van der Waals surface area contributed by atoms with E-state index in [0.29, 0.717) is 12.4 Å². The molecule has 0 spiro atoms. The molecule has 0 radical (unpaired) electrons. The second kappa shape index (κ2) is 12.1. The van der Waals surface area contributed by atoms with Gasteiger partial charge >= 0.3 is 6.09 Å². The van der Waals surface area contributed by atoms with Crippen LogP contribution in [-0.4, -0.2) is 24.5 Å². The molecule has 0 unspecified atom stereocenters. The summed E-state index contributed by atoms with van der Waals surface area (Å²) < 4.78 is 5.41. The minimum atomic E-state index is -0.430. The Balaban J connectivity index is 1.18. The zero-order chi connectivity index (χ0) is 28.1. The summed E-state index contributed by atoms with van der Waals surface area (Å²) in [5.74, 6) is 0.739. The number of ether oxygens (including phenoxy) is 1. The van der Waals surface area contributed by atoms with Crippen LogP contribution in [0.3, 0.4) is 0 Å². The Morgan fingerprint density at radius 2 is 1.10 bits per heavy atom. The molecule has 0 fully saturated rings. The van der Waals surface area contributed by atoms with E-state index in [-0.39, 0.29) is 18.1 Å². The maximum atomic E-state index is 13.0. The largest absolute Gasteiger partial charge is 0.449 e. The first-order chi connectivity index (χ1) is 20.2. The fraction of sp³-hybridized carbons (Fsp3) is 0.162. The van der Waals surface area contributed by atoms with Crippen molar-refractivity contribution in [1.82, 2.24) is 5.32 Å². The molecule has 0 heterocycles. The van der Waals surface area contributed by atoms with Gasteiger partial charge in [0.1, 0.15) is 6.61 Å². The summed E-state index contributed by atoms with van der Waals surface area (Å²) in [6.07, 6.45) is -0.385. The zero-order valence-electron chi connectivity index (χ0n) is 23.1. The molecule has 1 N–H and O–H groups in total. The standard InChI is InChI=1S/C37H33NO2S/c1-27(38-36(39)40-25-35-33-23-13-11-21-31(33)32-22-12-14-24-34(32)35)26-41-37(28-15-5-2-6-16-28,29-17-7-3-8-18-29)30-19-9-4-10-20-30/h2-24,27,35H,25-26H2,1H3,(H,38,39)/t27-/m1/s1. The predicted octanol–water partition coefficient (Wildman–Crippen LogP) is 8.64. The first-order valence-corrected chi connectivity index (χ1v) is 15.1. The monoisotopic (exact) mass is 555 g/mol. The first-order valence-electron chi connectivity index (χ1n) is 14.1. The number of thioether (sulfide) groups is 1. The molecular weight excluding hydrogens is 522 g/mol. The minimum absolute atomic E-state index is 0.0414. The van der Waals surface area contributed by atoms with Crippen LogP contribution in [0.15, 0.2) is 140 Å². The number of fused-ring (bicyclic) bond motifs is 3. The topological polar surface area (TPSA) is 38.3 Å². The predicted molar refractivity (Wildman–Crippen MR) is 169 cm³/mol. The summed E-state index contributed by atoms with van der Waals surface area (Å²) in [4.78, 5) is 13.0. The van der Waals surface area contributed by atoms with Crippen LogP contribution in [0, 0.1) is 0 Å². The number of benzene rings is 5. The Kier molecular flexibility index (Phi) is 7.93. The van der Waals surface area contributed by atoms with Crippen LogP contribution in [0.5, 0.6) is 0 Å². The number of carbonyl (C=O) groups is 1. The molecule has 0 aliphatic heterocycles. The third-order valence-corrected chi connectivity index (χ3v) is 9.61. The van der Waals surface area contributed by atoms with Crippen LogP contribution in [0.4, 0.5) is 4.79 Å². The van der Waals surface area contributed by atoms with Crippen molar-refractivity contribution < 1.29 is 9.53 Å². The molecule has 1 amide bonds. The van der Waals surface area contributed by atoms with Crippen LogP contribution in [0.2, 0.25) is 0 Å². The lowest BCUT2D eigenvalue weighted by molar-refractivity contribution is 0.140. The Bertz CT molecular complexity index is 1460. The number of hydrogen-bond acceptors (Lipinski definition) is 3. The molecule has 1 aliphatic rings. The van der Waals surface area contributed by atoms with Crippen molar-refractivity contribution in [3.8, 4) is 11.1 Å². The second-order valence-corrected chi connectivity index (χ2v) is 11.7. The highest BCUT2D eigenvalue weighted by Gasteiger charge is 2.37. The van der Waals surface area contributed by atoms with Gasteiger partial charge in [-0.15, -0.1) is 11.8 Å². The van der Waals surface area contributed by atoms with Gasteiger partial charge in [-0.05, 0) is 45.9 Å². The second-order valence-electron chi connectivity index (χ2n) is 10.5. The summed E-state index contributed by atoms with van der Waals surface area (Å²) in [5.41, 5.74) is 8.48. The molecule has 3 nitrogen and oxygen atoms in total. The Morgan fingerprint density at radius 3 is 1.56 bits per heavy atom. The van der Waals surface area contributed by atoms with E-state index in [9.17, 15) is 4.79 Å². The van der Waals surface area contributed by atoms with Crippen LogP contribution >= 0.6 is 11.8 Å². The van der Waals surface area contributed by atoms with Crippen LogP contribution in [-0.2, 0) is 9.48 Å². The average molecular weight is 556 g/mol. The van der Waals surface area contributed by atoms with Gasteiger partial charge < -0.3 is 10.1 Å². The molecule has 4 heteroatoms. The van der Waals surface area contributed by atoms with Crippen molar-refractivity contribution in [2.75, 3.05) is 12.4 Å². The van der Waals surface area contributed by atoms with E-state index < -0.39 is 4.75 Å². The Morgan fingerprint density at radius 1 is 0.683 bits per heavy atom. The van der Waals surface area contributed by atoms with Crippen molar-refractivity contribution in [1.29, 1.82) is 0 Å². The van der Waals surface area contributed by atoms with Crippen molar-refractivity contribution in [2.45, 2.75) is 23.6 Å². The lowest BCUT2D eigenvalue weighted by atomic mass is 9.84. The van der Waals surface area contributed by atoms with E-state index in [1.54, 1.807) is 0 Å². The highest BCUT2D eigenvalue weighted by molar-refractivity contribution is 8.00. The Hall–Kier alpha value is -4.28. The van der Waals surface area contributed by atoms with Gasteiger partial charge in [0.2, 0.25) is 0 Å². The molecule has 1 aliphatic carbocycles. The molecule has 1 atom stereocenters. The van der Waals surface area contributed by atoms with Gasteiger partial charge in [-0.25, -0.2) is 4.79 Å². The number of nitrogens with one attached hydrogen (secondary N) is 1. The summed E-state index contributed by atoms with van der Waals surface area (Å²) in [6.45, 7) is 2.35. The van der Waals surface area contributed by atoms with Gasteiger partial charge in [-0.3, -0.25) is 0 Å². The number of carbonyl (C=O) groups excluding carboxylic acids is 1. The van der Waals surface area contributed by atoms with E-state index in [1.165, 1.54) is 38.9 Å². The summed E-state index contributed by atoms with van der Waals surface area (Å²) in [5, 5.41) is 3.10. The lowest BCUT2D eigenvalue weighted by Crippen LogP contribution is -2.37. The Labute approximate surface area is 246 Å². The van der Waals surface area contributed by atoms with Crippen LogP contribution in [0.25, 0.3) is 11.1 Å². The lowest BCUT2D eigenvalue weighted by Gasteiger charge is -2.36. The van der Waals surface area contributed by atoms with Crippen molar-refractivity contribution in [2.24, 2.45) is 0 Å². The quantitative estimate of drug-likeness (QED) is 0.185. The van der Waals surface area contributed by atoms with E-state index in [2.05, 4.69) is 145 Å². The highest BCUT2D eigenvalue weighted by atomic mass is 32.2. The van der Waals surface area contributed by atoms with Gasteiger partial charge in [0.15, 0.2) is 0 Å². The maximum Gasteiger partial charge on any atom is 0.407 e. The SMILES string of the molecule is C[C@H](CSC(c1ccccc1)(c1ccccc1)c1ccccc1)NC(=O)OCC1c2ccccc2-c2ccccc21. The van der Waals surface area contributed by atoms with E-state index >= 15 is 0 Å². The van der Waals surface area contributed by atoms with Crippen molar-refractivity contribution >= 4 is 17.9 Å². The number of hydrogen-bond donors (Lipinski definition) is 1. The van der Waals surface area contributed by atoms with E-state index in [4.69, 9.17) is 4.74 Å². The number of alkyl carbamates (subject to hydrolysis) is 1.